The highest BCUT2D eigenvalue weighted by Crippen LogP contribution is 1.84. The lowest BCUT2D eigenvalue weighted by Gasteiger charge is -1.93. The smallest absolute Gasteiger partial charge is 0.0558 e. The molecular formula is C4H9IN2. The van der Waals surface area contributed by atoms with Gasteiger partial charge in [-0.1, -0.05) is 0 Å². The SMILES string of the molecule is CN/C=C(/C)NI. The first-order valence-electron chi connectivity index (χ1n) is 2.02. The van der Waals surface area contributed by atoms with Gasteiger partial charge in [-0.15, -0.1) is 0 Å². The fourth-order valence-corrected chi connectivity index (χ4v) is 0.399. The molecule has 0 radical (unpaired) electrons. The van der Waals surface area contributed by atoms with Gasteiger partial charge < -0.3 is 8.85 Å². The van der Waals surface area contributed by atoms with Crippen molar-refractivity contribution in [3.8, 4) is 0 Å². The summed E-state index contributed by atoms with van der Waals surface area (Å²) in [7, 11) is 1.87. The first-order valence-corrected chi connectivity index (χ1v) is 3.10. The van der Waals surface area contributed by atoms with Crippen LogP contribution in [0.25, 0.3) is 0 Å². The third kappa shape index (κ3) is 3.91. The lowest BCUT2D eigenvalue weighted by atomic mass is 10.6. The fourth-order valence-electron chi connectivity index (χ4n) is 0.244. The van der Waals surface area contributed by atoms with Gasteiger partial charge in [0.25, 0.3) is 0 Å². The minimum absolute atomic E-state index is 1.13. The van der Waals surface area contributed by atoms with E-state index in [-0.39, 0.29) is 0 Å². The molecule has 0 bridgehead atoms. The van der Waals surface area contributed by atoms with Crippen molar-refractivity contribution >= 4 is 22.9 Å². The number of allylic oxidation sites excluding steroid dienone is 1. The van der Waals surface area contributed by atoms with Crippen LogP contribution in [0.1, 0.15) is 6.92 Å². The van der Waals surface area contributed by atoms with Crippen molar-refractivity contribution in [2.24, 2.45) is 0 Å². The van der Waals surface area contributed by atoms with Gasteiger partial charge in [0.15, 0.2) is 0 Å². The molecule has 7 heavy (non-hydrogen) atoms. The molecule has 0 aromatic carbocycles. The average Bonchev–Trinajstić information content (AvgIpc) is 1.68. The molecular weight excluding hydrogens is 203 g/mol. The zero-order valence-corrected chi connectivity index (χ0v) is 6.61. The largest absolute Gasteiger partial charge is 0.393 e. The Labute approximate surface area is 57.9 Å². The predicted molar refractivity (Wildman–Crippen MR) is 40.0 cm³/mol. The highest BCUT2D eigenvalue weighted by Gasteiger charge is 1.74. The minimum atomic E-state index is 1.13. The second-order valence-corrected chi connectivity index (χ2v) is 1.75. The molecule has 0 fully saturated rings. The maximum atomic E-state index is 2.93. The molecule has 0 aliphatic rings. The van der Waals surface area contributed by atoms with E-state index in [1.165, 1.54) is 0 Å². The van der Waals surface area contributed by atoms with Crippen LogP contribution in [0.2, 0.25) is 0 Å². The van der Waals surface area contributed by atoms with Crippen LogP contribution in [0.15, 0.2) is 11.9 Å². The summed E-state index contributed by atoms with van der Waals surface area (Å²) in [6, 6.07) is 0. The molecule has 3 heteroatoms. The molecule has 0 aliphatic carbocycles. The summed E-state index contributed by atoms with van der Waals surface area (Å²) in [4.78, 5) is 0. The maximum Gasteiger partial charge on any atom is 0.0558 e. The maximum absolute atomic E-state index is 2.93. The fraction of sp³-hybridized carbons (Fsp3) is 0.500. The quantitative estimate of drug-likeness (QED) is 0.527. The van der Waals surface area contributed by atoms with Gasteiger partial charge in [-0.3, -0.25) is 0 Å². The van der Waals surface area contributed by atoms with E-state index in [4.69, 9.17) is 0 Å². The van der Waals surface area contributed by atoms with Gasteiger partial charge in [0, 0.05) is 18.9 Å². The Bertz CT molecular complexity index is 70.1. The van der Waals surface area contributed by atoms with Crippen LogP contribution >= 0.6 is 22.9 Å². The molecule has 0 saturated heterocycles. The van der Waals surface area contributed by atoms with Crippen molar-refractivity contribution in [1.82, 2.24) is 8.85 Å². The molecule has 0 aliphatic heterocycles. The van der Waals surface area contributed by atoms with E-state index in [2.05, 4.69) is 31.7 Å². The zero-order valence-electron chi connectivity index (χ0n) is 4.46. The van der Waals surface area contributed by atoms with Gasteiger partial charge in [0.05, 0.1) is 22.9 Å². The Morgan fingerprint density at radius 3 is 2.43 bits per heavy atom. The van der Waals surface area contributed by atoms with Crippen LogP contribution < -0.4 is 8.85 Å². The molecule has 2 nitrogen and oxygen atoms in total. The Morgan fingerprint density at radius 1 is 1.71 bits per heavy atom. The monoisotopic (exact) mass is 212 g/mol. The highest BCUT2D eigenvalue weighted by molar-refractivity contribution is 14.1. The predicted octanol–water partition coefficient (Wildman–Crippen LogP) is 1.01. The summed E-state index contributed by atoms with van der Waals surface area (Å²) >= 11 is 2.08. The van der Waals surface area contributed by atoms with E-state index in [1.807, 2.05) is 20.2 Å². The van der Waals surface area contributed by atoms with E-state index in [0.717, 1.165) is 5.70 Å². The molecule has 0 aromatic rings. The van der Waals surface area contributed by atoms with E-state index >= 15 is 0 Å². The molecule has 0 unspecified atom stereocenters. The van der Waals surface area contributed by atoms with Crippen LogP contribution in [-0.4, -0.2) is 7.05 Å². The van der Waals surface area contributed by atoms with E-state index < -0.39 is 0 Å². The van der Waals surface area contributed by atoms with Crippen molar-refractivity contribution < 1.29 is 0 Å². The number of hydrogen-bond acceptors (Lipinski definition) is 2. The second kappa shape index (κ2) is 4.23. The third-order valence-corrected chi connectivity index (χ3v) is 1.36. The Hall–Kier alpha value is 0.0700. The molecule has 0 heterocycles. The Morgan fingerprint density at radius 2 is 2.29 bits per heavy atom. The number of rotatable bonds is 2. The van der Waals surface area contributed by atoms with Gasteiger partial charge in [0.2, 0.25) is 0 Å². The van der Waals surface area contributed by atoms with Gasteiger partial charge in [-0.05, 0) is 6.92 Å². The Kier molecular flexibility index (Phi) is 4.28. The molecule has 0 spiro atoms. The lowest BCUT2D eigenvalue weighted by Crippen LogP contribution is -2.00. The number of nitrogens with one attached hydrogen (secondary N) is 2. The summed E-state index contributed by atoms with van der Waals surface area (Å²) in [6.45, 7) is 1.99. The molecule has 2 N–H and O–H groups in total. The normalized spacial score (nSPS) is 11.0. The minimum Gasteiger partial charge on any atom is -0.393 e. The zero-order chi connectivity index (χ0) is 5.70. The summed E-state index contributed by atoms with van der Waals surface area (Å²) in [6.07, 6.45) is 1.90. The van der Waals surface area contributed by atoms with Crippen LogP contribution in [0.4, 0.5) is 0 Å². The molecule has 0 amide bonds. The van der Waals surface area contributed by atoms with Crippen molar-refractivity contribution in [2.45, 2.75) is 6.92 Å². The van der Waals surface area contributed by atoms with E-state index in [9.17, 15) is 0 Å². The molecule has 0 atom stereocenters. The van der Waals surface area contributed by atoms with Gasteiger partial charge in [-0.25, -0.2) is 0 Å². The van der Waals surface area contributed by atoms with Crippen molar-refractivity contribution in [2.75, 3.05) is 7.05 Å². The van der Waals surface area contributed by atoms with Crippen molar-refractivity contribution in [3.05, 3.63) is 11.9 Å². The van der Waals surface area contributed by atoms with Crippen LogP contribution in [0.5, 0.6) is 0 Å². The van der Waals surface area contributed by atoms with Crippen molar-refractivity contribution in [1.29, 1.82) is 0 Å². The molecule has 42 valence electrons. The topological polar surface area (TPSA) is 24.1 Å². The first kappa shape index (κ1) is 7.07. The highest BCUT2D eigenvalue weighted by atomic mass is 127. The summed E-state index contributed by atoms with van der Waals surface area (Å²) in [5.41, 5.74) is 1.13. The van der Waals surface area contributed by atoms with Crippen LogP contribution in [0, 0.1) is 0 Å². The van der Waals surface area contributed by atoms with Gasteiger partial charge in [0.1, 0.15) is 0 Å². The van der Waals surface area contributed by atoms with E-state index in [1.54, 1.807) is 0 Å². The summed E-state index contributed by atoms with van der Waals surface area (Å²) < 4.78 is 2.93. The average molecular weight is 212 g/mol. The van der Waals surface area contributed by atoms with Crippen LogP contribution in [-0.2, 0) is 0 Å². The second-order valence-electron chi connectivity index (χ2n) is 1.21. The van der Waals surface area contributed by atoms with Gasteiger partial charge in [-0.2, -0.15) is 0 Å². The molecule has 0 rings (SSSR count). The van der Waals surface area contributed by atoms with Crippen molar-refractivity contribution in [3.63, 3.8) is 0 Å². The Balaban J connectivity index is 3.29. The van der Waals surface area contributed by atoms with E-state index in [0.29, 0.717) is 0 Å². The van der Waals surface area contributed by atoms with Gasteiger partial charge >= 0.3 is 0 Å². The molecule has 0 aromatic heterocycles. The number of halogens is 1. The summed E-state index contributed by atoms with van der Waals surface area (Å²) in [5.74, 6) is 0. The first-order chi connectivity index (χ1) is 3.31. The number of hydrogen-bond donors (Lipinski definition) is 2. The third-order valence-electron chi connectivity index (χ3n) is 0.510. The lowest BCUT2D eigenvalue weighted by molar-refractivity contribution is 1.05. The standard InChI is InChI=1S/C4H9IN2/c1-4(7-5)3-6-2/h3,6-7H,1-2H3/b4-3-. The van der Waals surface area contributed by atoms with Crippen LogP contribution in [0.3, 0.4) is 0 Å². The molecule has 0 saturated carbocycles. The summed E-state index contributed by atoms with van der Waals surface area (Å²) in [5, 5.41) is 2.89.